The fourth-order valence-corrected chi connectivity index (χ4v) is 2.96. The fourth-order valence-electron chi connectivity index (χ4n) is 2.43. The van der Waals surface area contributed by atoms with Crippen LogP contribution in [0.3, 0.4) is 0 Å². The number of halogens is 2. The molecular formula is C19H25BrClN3O. The summed E-state index contributed by atoms with van der Waals surface area (Å²) in [5, 5.41) is 0.731. The van der Waals surface area contributed by atoms with Crippen molar-refractivity contribution in [2.24, 2.45) is 0 Å². The predicted molar refractivity (Wildman–Crippen MR) is 108 cm³/mol. The average Bonchev–Trinajstić information content (AvgIpc) is 2.59. The van der Waals surface area contributed by atoms with Crippen molar-refractivity contribution in [1.82, 2.24) is 15.8 Å². The summed E-state index contributed by atoms with van der Waals surface area (Å²) in [5.41, 5.74) is 8.81. The van der Waals surface area contributed by atoms with E-state index in [-0.39, 0.29) is 6.17 Å². The van der Waals surface area contributed by atoms with Crippen LogP contribution in [0, 0.1) is 0 Å². The molecule has 2 aromatic carbocycles. The van der Waals surface area contributed by atoms with Gasteiger partial charge in [0.05, 0.1) is 6.17 Å². The SMILES string of the molecule is CCC(NNCc1cc(Br)ccc1OCc1ccc(Cl)cc1)N(C)C. The second-order valence-electron chi connectivity index (χ2n) is 6.05. The Hall–Kier alpha value is -1.11. The quantitative estimate of drug-likeness (QED) is 0.455. The van der Waals surface area contributed by atoms with Gasteiger partial charge >= 0.3 is 0 Å². The van der Waals surface area contributed by atoms with Crippen LogP contribution in [-0.2, 0) is 13.2 Å². The van der Waals surface area contributed by atoms with E-state index in [1.54, 1.807) is 0 Å². The predicted octanol–water partition coefficient (Wildman–Crippen LogP) is 4.57. The number of hydrogen-bond donors (Lipinski definition) is 2. The van der Waals surface area contributed by atoms with Crippen molar-refractivity contribution >= 4 is 27.5 Å². The highest BCUT2D eigenvalue weighted by Gasteiger charge is 2.09. The van der Waals surface area contributed by atoms with Crippen LogP contribution in [0.5, 0.6) is 5.75 Å². The first-order valence-corrected chi connectivity index (χ1v) is 9.47. The fraction of sp³-hybridized carbons (Fsp3) is 0.368. The molecule has 1 atom stereocenters. The van der Waals surface area contributed by atoms with Gasteiger partial charge in [-0.15, -0.1) is 0 Å². The summed E-state index contributed by atoms with van der Waals surface area (Å²) in [4.78, 5) is 2.14. The Morgan fingerprint density at radius 3 is 2.52 bits per heavy atom. The third-order valence-electron chi connectivity index (χ3n) is 3.89. The molecule has 0 aromatic heterocycles. The van der Waals surface area contributed by atoms with Crippen molar-refractivity contribution in [3.8, 4) is 5.75 Å². The van der Waals surface area contributed by atoms with E-state index in [0.717, 1.165) is 32.8 Å². The van der Waals surface area contributed by atoms with E-state index in [4.69, 9.17) is 16.3 Å². The molecule has 25 heavy (non-hydrogen) atoms. The van der Waals surface area contributed by atoms with Gasteiger partial charge in [-0.3, -0.25) is 10.3 Å². The van der Waals surface area contributed by atoms with Crippen LogP contribution in [-0.4, -0.2) is 25.2 Å². The minimum atomic E-state index is 0.283. The lowest BCUT2D eigenvalue weighted by atomic mass is 10.2. The standard InChI is InChI=1S/C19H25BrClN3O/c1-4-19(24(2)3)23-22-12-15-11-16(20)7-10-18(15)25-13-14-5-8-17(21)9-6-14/h5-11,19,22-23H,4,12-13H2,1-3H3. The Balaban J connectivity index is 1.97. The molecule has 0 fully saturated rings. The molecule has 2 N–H and O–H groups in total. The van der Waals surface area contributed by atoms with Crippen molar-refractivity contribution in [2.75, 3.05) is 14.1 Å². The van der Waals surface area contributed by atoms with Gasteiger partial charge in [0, 0.05) is 21.6 Å². The molecular weight excluding hydrogens is 402 g/mol. The molecule has 0 aliphatic heterocycles. The maximum absolute atomic E-state index is 6.01. The molecule has 0 aliphatic carbocycles. The third-order valence-corrected chi connectivity index (χ3v) is 4.63. The number of hydrazine groups is 1. The highest BCUT2D eigenvalue weighted by molar-refractivity contribution is 9.10. The lowest BCUT2D eigenvalue weighted by Gasteiger charge is -2.24. The number of rotatable bonds is 9. The number of benzene rings is 2. The van der Waals surface area contributed by atoms with Crippen molar-refractivity contribution < 1.29 is 4.74 Å². The van der Waals surface area contributed by atoms with Crippen molar-refractivity contribution in [1.29, 1.82) is 0 Å². The summed E-state index contributed by atoms with van der Waals surface area (Å²) < 4.78 is 7.04. The summed E-state index contributed by atoms with van der Waals surface area (Å²) in [5.74, 6) is 0.866. The van der Waals surface area contributed by atoms with Gasteiger partial charge < -0.3 is 4.74 Å². The number of hydrogen-bond acceptors (Lipinski definition) is 4. The summed E-state index contributed by atoms with van der Waals surface area (Å²) in [6.45, 7) is 3.33. The lowest BCUT2D eigenvalue weighted by Crippen LogP contribution is -2.47. The zero-order chi connectivity index (χ0) is 18.2. The molecule has 0 heterocycles. The van der Waals surface area contributed by atoms with E-state index < -0.39 is 0 Å². The second kappa shape index (κ2) is 10.1. The molecule has 0 bridgehead atoms. The molecule has 0 amide bonds. The van der Waals surface area contributed by atoms with Gasteiger partial charge in [0.15, 0.2) is 0 Å². The average molecular weight is 427 g/mol. The first kappa shape index (κ1) is 20.2. The molecule has 0 saturated heterocycles. The summed E-state index contributed by atoms with van der Waals surface area (Å²) >= 11 is 9.46. The van der Waals surface area contributed by atoms with Gasteiger partial charge in [-0.25, -0.2) is 5.43 Å². The van der Waals surface area contributed by atoms with Crippen LogP contribution < -0.4 is 15.6 Å². The van der Waals surface area contributed by atoms with Crippen molar-refractivity contribution in [2.45, 2.75) is 32.7 Å². The second-order valence-corrected chi connectivity index (χ2v) is 7.40. The largest absolute Gasteiger partial charge is 0.489 e. The summed E-state index contributed by atoms with van der Waals surface area (Å²) in [6.07, 6.45) is 1.30. The van der Waals surface area contributed by atoms with E-state index in [9.17, 15) is 0 Å². The van der Waals surface area contributed by atoms with Gasteiger partial charge in [-0.1, -0.05) is 46.6 Å². The van der Waals surface area contributed by atoms with Crippen LogP contribution in [0.25, 0.3) is 0 Å². The summed E-state index contributed by atoms with van der Waals surface area (Å²) in [6, 6.07) is 13.7. The number of nitrogens with one attached hydrogen (secondary N) is 2. The normalized spacial score (nSPS) is 12.4. The molecule has 6 heteroatoms. The monoisotopic (exact) mass is 425 g/mol. The number of ether oxygens (including phenoxy) is 1. The Morgan fingerprint density at radius 2 is 1.88 bits per heavy atom. The van der Waals surface area contributed by atoms with Gasteiger partial charge in [0.2, 0.25) is 0 Å². The Morgan fingerprint density at radius 1 is 1.16 bits per heavy atom. The minimum Gasteiger partial charge on any atom is -0.489 e. The maximum atomic E-state index is 6.01. The third kappa shape index (κ3) is 6.60. The van der Waals surface area contributed by atoms with E-state index in [1.807, 2.05) is 36.4 Å². The molecule has 0 radical (unpaired) electrons. The van der Waals surface area contributed by atoms with Crippen LogP contribution >= 0.6 is 27.5 Å². The molecule has 1 unspecified atom stereocenters. The van der Waals surface area contributed by atoms with Crippen LogP contribution in [0.2, 0.25) is 5.02 Å². The Bertz CT molecular complexity index is 664. The maximum Gasteiger partial charge on any atom is 0.124 e. The van der Waals surface area contributed by atoms with E-state index in [0.29, 0.717) is 13.2 Å². The summed E-state index contributed by atoms with van der Waals surface area (Å²) in [7, 11) is 4.12. The topological polar surface area (TPSA) is 36.5 Å². The molecule has 0 aliphatic rings. The molecule has 0 saturated carbocycles. The Labute approximate surface area is 163 Å². The van der Waals surface area contributed by atoms with Gasteiger partial charge in [-0.2, -0.15) is 0 Å². The zero-order valence-electron chi connectivity index (χ0n) is 14.9. The van der Waals surface area contributed by atoms with Gasteiger partial charge in [-0.05, 0) is 56.4 Å². The van der Waals surface area contributed by atoms with Gasteiger partial charge in [0.25, 0.3) is 0 Å². The van der Waals surface area contributed by atoms with Crippen LogP contribution in [0.1, 0.15) is 24.5 Å². The number of nitrogens with zero attached hydrogens (tertiary/aromatic N) is 1. The molecule has 2 aromatic rings. The van der Waals surface area contributed by atoms with E-state index in [2.05, 4.69) is 58.8 Å². The smallest absolute Gasteiger partial charge is 0.124 e. The zero-order valence-corrected chi connectivity index (χ0v) is 17.2. The first-order chi connectivity index (χ1) is 12.0. The van der Waals surface area contributed by atoms with E-state index >= 15 is 0 Å². The minimum absolute atomic E-state index is 0.283. The van der Waals surface area contributed by atoms with E-state index in [1.165, 1.54) is 0 Å². The molecule has 2 rings (SSSR count). The van der Waals surface area contributed by atoms with Crippen molar-refractivity contribution in [3.05, 3.63) is 63.1 Å². The van der Waals surface area contributed by atoms with Gasteiger partial charge in [0.1, 0.15) is 12.4 Å². The van der Waals surface area contributed by atoms with Crippen LogP contribution in [0.15, 0.2) is 46.9 Å². The molecule has 4 nitrogen and oxygen atoms in total. The highest BCUT2D eigenvalue weighted by atomic mass is 79.9. The lowest BCUT2D eigenvalue weighted by molar-refractivity contribution is 0.212. The first-order valence-electron chi connectivity index (χ1n) is 8.30. The Kier molecular flexibility index (Phi) is 8.19. The van der Waals surface area contributed by atoms with Crippen LogP contribution in [0.4, 0.5) is 0 Å². The molecule has 136 valence electrons. The molecule has 0 spiro atoms. The highest BCUT2D eigenvalue weighted by Crippen LogP contribution is 2.24. The van der Waals surface area contributed by atoms with Crippen molar-refractivity contribution in [3.63, 3.8) is 0 Å².